The van der Waals surface area contributed by atoms with E-state index in [4.69, 9.17) is 20.6 Å². The number of anilines is 2. The van der Waals surface area contributed by atoms with E-state index >= 15 is 0 Å². The van der Waals surface area contributed by atoms with E-state index in [1.54, 1.807) is 24.6 Å². The number of sulfonamides is 1. The molecule has 220 valence electrons. The van der Waals surface area contributed by atoms with Crippen molar-refractivity contribution >= 4 is 48.9 Å². The number of hydrogen-bond donors (Lipinski definition) is 2. The van der Waals surface area contributed by atoms with Gasteiger partial charge in [-0.15, -0.1) is 11.3 Å². The maximum Gasteiger partial charge on any atom is 0.266 e. The van der Waals surface area contributed by atoms with Crippen LogP contribution in [0, 0.1) is 12.7 Å². The van der Waals surface area contributed by atoms with Gasteiger partial charge in [-0.05, 0) is 37.6 Å². The molecule has 0 spiro atoms. The van der Waals surface area contributed by atoms with Gasteiger partial charge in [0.2, 0.25) is 15.9 Å². The second kappa shape index (κ2) is 10.4. The molecule has 0 aliphatic heterocycles. The van der Waals surface area contributed by atoms with Gasteiger partial charge in [-0.25, -0.2) is 37.4 Å². The molecule has 1 aromatic carbocycles. The number of nitrogens with two attached hydrogens (primary N) is 1. The normalized spacial score (nSPS) is 12.6. The fourth-order valence-electron chi connectivity index (χ4n) is 4.92. The number of ether oxygens (including phenoxy) is 1. The van der Waals surface area contributed by atoms with Crippen molar-refractivity contribution in [3.05, 3.63) is 75.8 Å². The van der Waals surface area contributed by atoms with Crippen LogP contribution in [-0.2, 0) is 10.0 Å². The number of nitrogens with one attached hydrogen (secondary N) is 1. The van der Waals surface area contributed by atoms with Gasteiger partial charge in [-0.3, -0.25) is 13.9 Å². The Kier molecular flexibility index (Phi) is 6.81. The molecule has 0 unspecified atom stereocenters. The topological polar surface area (TPSA) is 172 Å². The van der Waals surface area contributed by atoms with Crippen molar-refractivity contribution in [2.24, 2.45) is 0 Å². The van der Waals surface area contributed by atoms with Gasteiger partial charge in [0.1, 0.15) is 29.3 Å². The predicted molar refractivity (Wildman–Crippen MR) is 161 cm³/mol. The van der Waals surface area contributed by atoms with E-state index in [2.05, 4.69) is 19.7 Å². The second-order valence-electron chi connectivity index (χ2n) is 9.76. The molecule has 3 N–H and O–H groups in total. The Morgan fingerprint density at radius 1 is 1.16 bits per heavy atom. The van der Waals surface area contributed by atoms with Crippen molar-refractivity contribution in [3.63, 3.8) is 0 Å². The highest BCUT2D eigenvalue weighted by Gasteiger charge is 2.27. The summed E-state index contributed by atoms with van der Waals surface area (Å²) >= 11 is 1.31. The summed E-state index contributed by atoms with van der Waals surface area (Å²) in [7, 11) is -2.30. The van der Waals surface area contributed by atoms with E-state index in [-0.39, 0.29) is 28.5 Å². The summed E-state index contributed by atoms with van der Waals surface area (Å²) in [6.45, 7) is 3.59. The van der Waals surface area contributed by atoms with Gasteiger partial charge in [0.05, 0.1) is 36.1 Å². The number of aryl methyl sites for hydroxylation is 1. The molecule has 0 radical (unpaired) electrons. The minimum atomic E-state index is -3.67. The zero-order valence-electron chi connectivity index (χ0n) is 23.2. The summed E-state index contributed by atoms with van der Waals surface area (Å²) < 4.78 is 49.1. The number of nitrogens with zero attached hydrogens (tertiary/aromatic N) is 7. The molecule has 0 saturated carbocycles. The lowest BCUT2D eigenvalue weighted by Gasteiger charge is -2.17. The average Bonchev–Trinajstić information content (AvgIpc) is 3.53. The van der Waals surface area contributed by atoms with Gasteiger partial charge in [-0.2, -0.15) is 5.10 Å². The highest BCUT2D eigenvalue weighted by molar-refractivity contribution is 7.92. The lowest BCUT2D eigenvalue weighted by Crippen LogP contribution is -2.23. The van der Waals surface area contributed by atoms with Crippen LogP contribution in [0.5, 0.6) is 5.88 Å². The maximum atomic E-state index is 14.4. The first kappa shape index (κ1) is 28.2. The summed E-state index contributed by atoms with van der Waals surface area (Å²) in [5.74, 6) is -0.324. The summed E-state index contributed by atoms with van der Waals surface area (Å²) in [6, 6.07) is 6.58. The zero-order chi connectivity index (χ0) is 30.6. The molecule has 0 aliphatic rings. The number of nitrogen functional groups attached to an aromatic ring is 1. The first-order valence-electron chi connectivity index (χ1n) is 12.7. The fourth-order valence-corrected chi connectivity index (χ4v) is 6.33. The van der Waals surface area contributed by atoms with Crippen molar-refractivity contribution in [1.29, 1.82) is 0 Å². The third kappa shape index (κ3) is 4.93. The average molecular weight is 622 g/mol. The van der Waals surface area contributed by atoms with E-state index in [0.29, 0.717) is 44.2 Å². The molecule has 0 bridgehead atoms. The maximum absolute atomic E-state index is 14.4. The number of benzene rings is 1. The number of methoxy groups -OCH3 is 1. The molecule has 6 aromatic rings. The Labute approximate surface area is 247 Å². The van der Waals surface area contributed by atoms with E-state index < -0.39 is 21.9 Å². The Morgan fingerprint density at radius 3 is 2.67 bits per heavy atom. The lowest BCUT2D eigenvalue weighted by molar-refractivity contribution is 0.400. The number of thiazole rings is 1. The molecule has 16 heteroatoms. The Balaban J connectivity index is 1.60. The number of aromatic nitrogens is 7. The highest BCUT2D eigenvalue weighted by atomic mass is 32.2. The van der Waals surface area contributed by atoms with Crippen LogP contribution < -0.4 is 20.8 Å². The van der Waals surface area contributed by atoms with Crippen LogP contribution in [0.1, 0.15) is 24.4 Å². The minimum absolute atomic E-state index is 0.0551. The SMILES string of the molecule is COc1ncc(-c2nn([C@@H](C)c3nc4scc(C)n4c(=O)c3-c3cccc(F)c3)c3ncnc(N)c23)cc1NS(C)(=O)=O. The summed E-state index contributed by atoms with van der Waals surface area (Å²) in [6.07, 6.45) is 3.75. The van der Waals surface area contributed by atoms with E-state index in [1.165, 1.54) is 59.6 Å². The lowest BCUT2D eigenvalue weighted by atomic mass is 10.0. The van der Waals surface area contributed by atoms with E-state index in [9.17, 15) is 17.6 Å². The molecule has 0 saturated heterocycles. The van der Waals surface area contributed by atoms with Gasteiger partial charge < -0.3 is 10.5 Å². The van der Waals surface area contributed by atoms with Gasteiger partial charge in [0, 0.05) is 22.8 Å². The van der Waals surface area contributed by atoms with Crippen molar-refractivity contribution in [2.45, 2.75) is 19.9 Å². The minimum Gasteiger partial charge on any atom is -0.480 e. The first-order chi connectivity index (χ1) is 20.5. The molecule has 6 rings (SSSR count). The molecule has 13 nitrogen and oxygen atoms in total. The molecular weight excluding hydrogens is 597 g/mol. The molecule has 5 heterocycles. The van der Waals surface area contributed by atoms with E-state index in [1.807, 2.05) is 5.38 Å². The number of pyridine rings is 1. The van der Waals surface area contributed by atoms with Gasteiger partial charge in [0.25, 0.3) is 5.56 Å². The van der Waals surface area contributed by atoms with Crippen LogP contribution >= 0.6 is 11.3 Å². The largest absolute Gasteiger partial charge is 0.480 e. The van der Waals surface area contributed by atoms with Crippen LogP contribution in [0.25, 0.3) is 38.4 Å². The third-order valence-electron chi connectivity index (χ3n) is 6.78. The Bertz CT molecular complexity index is 2230. The monoisotopic (exact) mass is 621 g/mol. The molecule has 0 aliphatic carbocycles. The Morgan fingerprint density at radius 2 is 1.95 bits per heavy atom. The first-order valence-corrected chi connectivity index (χ1v) is 15.5. The van der Waals surface area contributed by atoms with Gasteiger partial charge >= 0.3 is 0 Å². The summed E-state index contributed by atoms with van der Waals surface area (Å²) in [4.78, 5) is 32.0. The molecule has 1 atom stereocenters. The van der Waals surface area contributed by atoms with Gasteiger partial charge in [-0.1, -0.05) is 12.1 Å². The summed E-state index contributed by atoms with van der Waals surface area (Å²) in [5.41, 5.74) is 8.71. The van der Waals surface area contributed by atoms with Crippen molar-refractivity contribution < 1.29 is 17.5 Å². The number of hydrogen-bond acceptors (Lipinski definition) is 11. The zero-order valence-corrected chi connectivity index (χ0v) is 24.9. The standard InChI is InChI=1S/C27H24FN9O4S2/c1-13-11-42-27-33-21(19(26(38)36(13)27)15-6-5-7-17(28)8-15)14(2)37-24-20(23(29)31-12-32-24)22(34-37)16-9-18(35-43(4,39)40)25(41-3)30-10-16/h5-12,14,35H,1-4H3,(H2,29,31,32)/t14-/m0/s1. The van der Waals surface area contributed by atoms with Crippen LogP contribution in [0.4, 0.5) is 15.9 Å². The molecule has 0 fully saturated rings. The second-order valence-corrected chi connectivity index (χ2v) is 12.3. The van der Waals surface area contributed by atoms with Crippen LogP contribution in [0.2, 0.25) is 0 Å². The smallest absolute Gasteiger partial charge is 0.266 e. The number of fused-ring (bicyclic) bond motifs is 2. The Hall–Kier alpha value is -4.96. The van der Waals surface area contributed by atoms with Crippen LogP contribution in [-0.4, -0.2) is 55.9 Å². The molecule has 5 aromatic heterocycles. The molecule has 0 amide bonds. The fraction of sp³-hybridized carbons (Fsp3) is 0.185. The number of rotatable bonds is 7. The van der Waals surface area contributed by atoms with Crippen LogP contribution in [0.3, 0.4) is 0 Å². The predicted octanol–water partition coefficient (Wildman–Crippen LogP) is 3.64. The number of halogens is 1. The quantitative estimate of drug-likeness (QED) is 0.268. The molecular formula is C27H24FN9O4S2. The van der Waals surface area contributed by atoms with Gasteiger partial charge in [0.15, 0.2) is 10.6 Å². The van der Waals surface area contributed by atoms with Crippen molar-refractivity contribution in [2.75, 3.05) is 23.8 Å². The van der Waals surface area contributed by atoms with Crippen LogP contribution in [0.15, 0.2) is 53.0 Å². The third-order valence-corrected chi connectivity index (χ3v) is 8.31. The van der Waals surface area contributed by atoms with E-state index in [0.717, 1.165) is 6.26 Å². The van der Waals surface area contributed by atoms with Crippen molar-refractivity contribution in [3.8, 4) is 28.3 Å². The van der Waals surface area contributed by atoms with Crippen molar-refractivity contribution in [1.82, 2.24) is 34.1 Å². The molecule has 43 heavy (non-hydrogen) atoms. The highest BCUT2D eigenvalue weighted by Crippen LogP contribution is 2.37. The summed E-state index contributed by atoms with van der Waals surface area (Å²) in [5, 5.41) is 7.01.